The van der Waals surface area contributed by atoms with Gasteiger partial charge in [0.25, 0.3) is 0 Å². The number of rotatable bonds is 4. The highest BCUT2D eigenvalue weighted by molar-refractivity contribution is 7.89. The van der Waals surface area contributed by atoms with Crippen LogP contribution in [-0.4, -0.2) is 13.4 Å². The molecule has 21 heavy (non-hydrogen) atoms. The number of aryl methyl sites for hydroxylation is 1. The van der Waals surface area contributed by atoms with Gasteiger partial charge < -0.3 is 5.73 Å². The van der Waals surface area contributed by atoms with Gasteiger partial charge in [-0.2, -0.15) is 5.26 Å². The van der Waals surface area contributed by atoms with Crippen LogP contribution in [0.4, 0.5) is 5.69 Å². The Morgan fingerprint density at radius 3 is 2.76 bits per heavy atom. The number of benzene rings is 1. The van der Waals surface area contributed by atoms with E-state index in [4.69, 9.17) is 11.0 Å². The van der Waals surface area contributed by atoms with Gasteiger partial charge in [-0.15, -0.1) is 11.3 Å². The summed E-state index contributed by atoms with van der Waals surface area (Å²) in [5, 5.41) is 11.6. The van der Waals surface area contributed by atoms with Crippen LogP contribution in [-0.2, 0) is 10.0 Å². The van der Waals surface area contributed by atoms with Crippen molar-refractivity contribution in [1.82, 2.24) is 9.71 Å². The van der Waals surface area contributed by atoms with Crippen molar-refractivity contribution in [1.29, 1.82) is 5.26 Å². The Kier molecular flexibility index (Phi) is 4.27. The predicted molar refractivity (Wildman–Crippen MR) is 81.2 cm³/mol. The maximum Gasteiger partial charge on any atom is 0.242 e. The summed E-state index contributed by atoms with van der Waals surface area (Å²) >= 11 is 1.38. The molecule has 2 rings (SSSR count). The van der Waals surface area contributed by atoms with Crippen molar-refractivity contribution in [2.45, 2.75) is 24.8 Å². The van der Waals surface area contributed by atoms with Gasteiger partial charge in [-0.3, -0.25) is 0 Å². The van der Waals surface area contributed by atoms with Crippen molar-refractivity contribution in [2.75, 3.05) is 5.73 Å². The number of nitrogens with two attached hydrogens (primary N) is 1. The molecule has 1 unspecified atom stereocenters. The molecule has 1 heterocycles. The lowest BCUT2D eigenvalue weighted by molar-refractivity contribution is 0.566. The number of nitrogen functional groups attached to an aromatic ring is 1. The topological polar surface area (TPSA) is 109 Å². The van der Waals surface area contributed by atoms with Gasteiger partial charge in [0.15, 0.2) is 0 Å². The SMILES string of the molecule is Cc1csc(C(C)NS(=O)(=O)c2ccc(N)cc2C#N)n1. The number of sulfonamides is 1. The number of hydrogen-bond donors (Lipinski definition) is 2. The van der Waals surface area contributed by atoms with E-state index in [1.165, 1.54) is 29.5 Å². The van der Waals surface area contributed by atoms with Crippen LogP contribution in [0.1, 0.15) is 29.2 Å². The van der Waals surface area contributed by atoms with Gasteiger partial charge in [-0.25, -0.2) is 18.1 Å². The maximum absolute atomic E-state index is 12.4. The van der Waals surface area contributed by atoms with Crippen LogP contribution in [0, 0.1) is 18.3 Å². The third kappa shape index (κ3) is 3.39. The van der Waals surface area contributed by atoms with Gasteiger partial charge in [0.1, 0.15) is 11.1 Å². The van der Waals surface area contributed by atoms with Crippen molar-refractivity contribution in [3.8, 4) is 6.07 Å². The third-order valence-corrected chi connectivity index (χ3v) is 5.50. The molecule has 0 aliphatic rings. The quantitative estimate of drug-likeness (QED) is 0.836. The fourth-order valence-electron chi connectivity index (χ4n) is 1.79. The smallest absolute Gasteiger partial charge is 0.242 e. The number of anilines is 1. The molecule has 2 aromatic rings. The van der Waals surface area contributed by atoms with E-state index in [1.807, 2.05) is 18.4 Å². The average Bonchev–Trinajstić information content (AvgIpc) is 2.84. The van der Waals surface area contributed by atoms with Crippen LogP contribution < -0.4 is 10.5 Å². The zero-order chi connectivity index (χ0) is 15.6. The Morgan fingerprint density at radius 1 is 1.48 bits per heavy atom. The molecular weight excluding hydrogens is 308 g/mol. The molecule has 0 aliphatic heterocycles. The molecule has 0 saturated carbocycles. The van der Waals surface area contributed by atoms with Gasteiger partial charge in [0.2, 0.25) is 10.0 Å². The Bertz CT molecular complexity index is 806. The van der Waals surface area contributed by atoms with Gasteiger partial charge in [0.05, 0.1) is 16.5 Å². The highest BCUT2D eigenvalue weighted by Gasteiger charge is 2.23. The molecule has 0 bridgehead atoms. The van der Waals surface area contributed by atoms with Gasteiger partial charge in [-0.05, 0) is 32.0 Å². The van der Waals surface area contributed by atoms with Crippen LogP contribution in [0.3, 0.4) is 0 Å². The Labute approximate surface area is 127 Å². The van der Waals surface area contributed by atoms with Crippen LogP contribution >= 0.6 is 11.3 Å². The van der Waals surface area contributed by atoms with Crippen molar-refractivity contribution >= 4 is 27.0 Å². The molecule has 0 aliphatic carbocycles. The third-order valence-electron chi connectivity index (χ3n) is 2.75. The van der Waals surface area contributed by atoms with E-state index >= 15 is 0 Å². The fourth-order valence-corrected chi connectivity index (χ4v) is 4.01. The summed E-state index contributed by atoms with van der Waals surface area (Å²) < 4.78 is 27.3. The lowest BCUT2D eigenvalue weighted by atomic mass is 10.2. The van der Waals surface area contributed by atoms with E-state index in [0.717, 1.165) is 5.69 Å². The fraction of sp³-hybridized carbons (Fsp3) is 0.231. The molecule has 8 heteroatoms. The summed E-state index contributed by atoms with van der Waals surface area (Å²) in [4.78, 5) is 4.17. The molecular formula is C13H14N4O2S2. The number of nitrogens with one attached hydrogen (secondary N) is 1. The summed E-state index contributed by atoms with van der Waals surface area (Å²) in [6.07, 6.45) is 0. The Morgan fingerprint density at radius 2 is 2.19 bits per heavy atom. The molecule has 0 spiro atoms. The number of thiazole rings is 1. The van der Waals surface area contributed by atoms with E-state index in [2.05, 4.69) is 9.71 Å². The number of nitrogens with zero attached hydrogens (tertiary/aromatic N) is 2. The minimum atomic E-state index is -3.82. The monoisotopic (exact) mass is 322 g/mol. The second-order valence-electron chi connectivity index (χ2n) is 4.54. The summed E-state index contributed by atoms with van der Waals surface area (Å²) in [5.74, 6) is 0. The average molecular weight is 322 g/mol. The van der Waals surface area contributed by atoms with Crippen molar-refractivity contribution in [3.63, 3.8) is 0 Å². The van der Waals surface area contributed by atoms with Crippen molar-refractivity contribution in [3.05, 3.63) is 39.8 Å². The Balaban J connectivity index is 2.33. The van der Waals surface area contributed by atoms with Crippen molar-refractivity contribution < 1.29 is 8.42 Å². The molecule has 6 nitrogen and oxygen atoms in total. The number of hydrogen-bond acceptors (Lipinski definition) is 6. The molecule has 1 aromatic carbocycles. The first kappa shape index (κ1) is 15.4. The number of nitriles is 1. The molecule has 0 fully saturated rings. The largest absolute Gasteiger partial charge is 0.399 e. The zero-order valence-corrected chi connectivity index (χ0v) is 13.1. The van der Waals surface area contributed by atoms with Crippen LogP contribution in [0.5, 0.6) is 0 Å². The highest BCUT2D eigenvalue weighted by atomic mass is 32.2. The number of aromatic nitrogens is 1. The molecule has 1 atom stereocenters. The van der Waals surface area contributed by atoms with Gasteiger partial charge >= 0.3 is 0 Å². The molecule has 1 aromatic heterocycles. The minimum absolute atomic E-state index is 0.0185. The van der Waals surface area contributed by atoms with E-state index in [1.54, 1.807) is 6.92 Å². The minimum Gasteiger partial charge on any atom is -0.399 e. The van der Waals surface area contributed by atoms with E-state index < -0.39 is 16.1 Å². The maximum atomic E-state index is 12.4. The summed E-state index contributed by atoms with van der Waals surface area (Å²) in [5.41, 5.74) is 6.77. The molecule has 0 radical (unpaired) electrons. The predicted octanol–water partition coefficient (Wildman–Crippen LogP) is 1.94. The van der Waals surface area contributed by atoms with Crippen LogP contribution in [0.2, 0.25) is 0 Å². The first-order valence-corrected chi connectivity index (χ1v) is 8.44. The van der Waals surface area contributed by atoms with Gasteiger partial charge in [-0.1, -0.05) is 0 Å². The summed E-state index contributed by atoms with van der Waals surface area (Å²) in [6, 6.07) is 5.49. The van der Waals surface area contributed by atoms with E-state index in [0.29, 0.717) is 10.7 Å². The lowest BCUT2D eigenvalue weighted by Gasteiger charge is -2.13. The summed E-state index contributed by atoms with van der Waals surface area (Å²) in [6.45, 7) is 3.55. The molecule has 3 N–H and O–H groups in total. The first-order chi connectivity index (χ1) is 9.83. The Hall–Kier alpha value is -1.95. The van der Waals surface area contributed by atoms with Crippen LogP contribution in [0.25, 0.3) is 0 Å². The summed E-state index contributed by atoms with van der Waals surface area (Å²) in [7, 11) is -3.82. The molecule has 0 saturated heterocycles. The van der Waals surface area contributed by atoms with E-state index in [9.17, 15) is 8.42 Å². The second kappa shape index (κ2) is 5.81. The zero-order valence-electron chi connectivity index (χ0n) is 11.5. The second-order valence-corrected chi connectivity index (χ2v) is 7.11. The van der Waals surface area contributed by atoms with Gasteiger partial charge in [0, 0.05) is 16.8 Å². The van der Waals surface area contributed by atoms with Crippen LogP contribution in [0.15, 0.2) is 28.5 Å². The lowest BCUT2D eigenvalue weighted by Crippen LogP contribution is -2.27. The molecule has 110 valence electrons. The molecule has 0 amide bonds. The van der Waals surface area contributed by atoms with Crippen molar-refractivity contribution in [2.24, 2.45) is 0 Å². The standard InChI is InChI=1S/C13H14N4O2S2/c1-8-7-20-13(16-8)9(2)17-21(18,19)12-4-3-11(15)5-10(12)6-14/h3-5,7,9,17H,15H2,1-2H3. The normalized spacial score (nSPS) is 12.8. The van der Waals surface area contributed by atoms with E-state index in [-0.39, 0.29) is 10.5 Å². The highest BCUT2D eigenvalue weighted by Crippen LogP contribution is 2.23. The first-order valence-electron chi connectivity index (χ1n) is 6.07.